The van der Waals surface area contributed by atoms with Gasteiger partial charge in [0.1, 0.15) is 24.4 Å². The molecule has 24 heavy (non-hydrogen) atoms. The van der Waals surface area contributed by atoms with Gasteiger partial charge >= 0.3 is 5.97 Å². The number of carbonyl (C=O) groups is 1. The van der Waals surface area contributed by atoms with Gasteiger partial charge in [-0.25, -0.2) is 9.18 Å². The van der Waals surface area contributed by atoms with Crippen LogP contribution in [0.2, 0.25) is 0 Å². The molecule has 1 aliphatic carbocycles. The zero-order valence-electron chi connectivity index (χ0n) is 13.4. The Morgan fingerprint density at radius 3 is 2.79 bits per heavy atom. The highest BCUT2D eigenvalue weighted by atomic mass is 19.1. The van der Waals surface area contributed by atoms with Gasteiger partial charge < -0.3 is 29.5 Å². The summed E-state index contributed by atoms with van der Waals surface area (Å²) in [6.07, 6.45) is -4.89. The van der Waals surface area contributed by atoms with Crippen molar-refractivity contribution in [1.29, 1.82) is 0 Å². The number of halogens is 1. The summed E-state index contributed by atoms with van der Waals surface area (Å²) >= 11 is 0. The monoisotopic (exact) mass is 346 g/mol. The number of fused-ring (bicyclic) bond motifs is 1. The minimum Gasteiger partial charge on any atom is -0.458 e. The van der Waals surface area contributed by atoms with Gasteiger partial charge in [0.15, 0.2) is 12.5 Å². The maximum absolute atomic E-state index is 13.7. The minimum atomic E-state index is -1.88. The van der Waals surface area contributed by atoms with Gasteiger partial charge in [0.05, 0.1) is 12.7 Å². The van der Waals surface area contributed by atoms with Crippen molar-refractivity contribution >= 4 is 5.97 Å². The molecule has 0 amide bonds. The third-order valence-corrected chi connectivity index (χ3v) is 5.07. The second kappa shape index (κ2) is 7.05. The highest BCUT2D eigenvalue weighted by Crippen LogP contribution is 2.37. The SMILES string of the molecule is CC1=CC(=O)OC2CC(O[C@@H]3O[C@H](CO)[C@H](F)[C@H](O)[C@H]3O)CCC12. The van der Waals surface area contributed by atoms with E-state index in [2.05, 4.69) is 0 Å². The first-order valence-corrected chi connectivity index (χ1v) is 8.21. The molecule has 2 heterocycles. The molecule has 7 nitrogen and oxygen atoms in total. The van der Waals surface area contributed by atoms with E-state index in [0.29, 0.717) is 12.8 Å². The number of aliphatic hydroxyl groups is 3. The van der Waals surface area contributed by atoms with Gasteiger partial charge in [0, 0.05) is 18.4 Å². The van der Waals surface area contributed by atoms with Crippen molar-refractivity contribution in [2.45, 2.75) is 69.2 Å². The highest BCUT2D eigenvalue weighted by Gasteiger charge is 2.47. The molecular formula is C16H23FO7. The number of alkyl halides is 1. The van der Waals surface area contributed by atoms with E-state index in [1.165, 1.54) is 6.08 Å². The number of carbonyl (C=O) groups excluding carboxylic acids is 1. The number of hydrogen-bond donors (Lipinski definition) is 3. The lowest BCUT2D eigenvalue weighted by Gasteiger charge is -2.43. The Labute approximate surface area is 139 Å². The predicted octanol–water partition coefficient (Wildman–Crippen LogP) is -0.180. The van der Waals surface area contributed by atoms with Crippen LogP contribution in [0.5, 0.6) is 0 Å². The number of hydrogen-bond acceptors (Lipinski definition) is 7. The standard InChI is InChI=1S/C16H23FO7/c1-7-4-12(19)23-10-5-8(2-3-9(7)10)22-16-15(21)14(20)13(17)11(6-18)24-16/h4,8-11,13-16,18,20-21H,2-3,5-6H2,1H3/t8?,9?,10?,11-,13+,14+,15-,16-/m1/s1. The molecule has 0 bridgehead atoms. The lowest BCUT2D eigenvalue weighted by Crippen LogP contribution is -2.58. The Kier molecular flexibility index (Phi) is 5.22. The number of rotatable bonds is 3. The Hall–Kier alpha value is -1.06. The van der Waals surface area contributed by atoms with Crippen molar-refractivity contribution in [3.8, 4) is 0 Å². The maximum atomic E-state index is 13.7. The van der Waals surface area contributed by atoms with E-state index in [1.807, 2.05) is 6.92 Å². The zero-order chi connectivity index (χ0) is 17.4. The van der Waals surface area contributed by atoms with Gasteiger partial charge in [-0.05, 0) is 19.8 Å². The molecule has 3 unspecified atom stereocenters. The molecule has 1 saturated heterocycles. The van der Waals surface area contributed by atoms with Crippen molar-refractivity contribution < 1.29 is 38.7 Å². The van der Waals surface area contributed by atoms with Crippen LogP contribution >= 0.6 is 0 Å². The van der Waals surface area contributed by atoms with Crippen LogP contribution in [0, 0.1) is 5.92 Å². The van der Waals surface area contributed by atoms with E-state index in [9.17, 15) is 19.4 Å². The van der Waals surface area contributed by atoms with Gasteiger partial charge in [-0.15, -0.1) is 0 Å². The van der Waals surface area contributed by atoms with Crippen molar-refractivity contribution in [2.24, 2.45) is 5.92 Å². The smallest absolute Gasteiger partial charge is 0.330 e. The molecule has 0 aromatic carbocycles. The zero-order valence-corrected chi connectivity index (χ0v) is 13.4. The Bertz CT molecular complexity index is 509. The lowest BCUT2D eigenvalue weighted by atomic mass is 9.79. The molecule has 0 spiro atoms. The van der Waals surface area contributed by atoms with E-state index in [-0.39, 0.29) is 24.1 Å². The van der Waals surface area contributed by atoms with Gasteiger partial charge in [0.2, 0.25) is 0 Å². The Balaban J connectivity index is 1.62. The van der Waals surface area contributed by atoms with E-state index >= 15 is 0 Å². The molecule has 0 radical (unpaired) electrons. The number of esters is 1. The first kappa shape index (κ1) is 17.8. The Morgan fingerprint density at radius 2 is 2.08 bits per heavy atom. The first-order chi connectivity index (χ1) is 11.4. The fraction of sp³-hybridized carbons (Fsp3) is 0.812. The van der Waals surface area contributed by atoms with Crippen LogP contribution in [0.4, 0.5) is 4.39 Å². The minimum absolute atomic E-state index is 0.158. The predicted molar refractivity (Wildman–Crippen MR) is 78.5 cm³/mol. The summed E-state index contributed by atoms with van der Waals surface area (Å²) in [6.45, 7) is 1.28. The molecule has 136 valence electrons. The third kappa shape index (κ3) is 3.34. The average Bonchev–Trinajstić information content (AvgIpc) is 2.55. The Morgan fingerprint density at radius 1 is 1.33 bits per heavy atom. The fourth-order valence-corrected chi connectivity index (χ4v) is 3.69. The van der Waals surface area contributed by atoms with Crippen molar-refractivity contribution in [3.05, 3.63) is 11.6 Å². The molecule has 3 rings (SSSR count). The molecule has 3 N–H and O–H groups in total. The summed E-state index contributed by atoms with van der Waals surface area (Å²) in [5, 5.41) is 28.8. The second-order valence-electron chi connectivity index (χ2n) is 6.69. The summed E-state index contributed by atoms with van der Waals surface area (Å²) in [5.41, 5.74) is 0.986. The number of aliphatic hydroxyl groups excluding tert-OH is 3. The quantitative estimate of drug-likeness (QED) is 0.609. The van der Waals surface area contributed by atoms with Crippen LogP contribution in [0.1, 0.15) is 26.2 Å². The van der Waals surface area contributed by atoms with Gasteiger partial charge in [-0.3, -0.25) is 0 Å². The van der Waals surface area contributed by atoms with E-state index in [4.69, 9.17) is 19.3 Å². The second-order valence-corrected chi connectivity index (χ2v) is 6.69. The summed E-state index contributed by atoms with van der Waals surface area (Å²) < 4.78 is 30.0. The summed E-state index contributed by atoms with van der Waals surface area (Å²) in [5.74, 6) is -0.217. The van der Waals surface area contributed by atoms with Crippen molar-refractivity contribution in [2.75, 3.05) is 6.61 Å². The maximum Gasteiger partial charge on any atom is 0.330 e. The fourth-order valence-electron chi connectivity index (χ4n) is 3.69. The summed E-state index contributed by atoms with van der Waals surface area (Å²) in [7, 11) is 0. The van der Waals surface area contributed by atoms with Crippen LogP contribution < -0.4 is 0 Å². The van der Waals surface area contributed by atoms with Crippen LogP contribution in [-0.2, 0) is 19.0 Å². The molecule has 8 atom stereocenters. The number of ether oxygens (including phenoxy) is 3. The molecule has 0 aromatic heterocycles. The van der Waals surface area contributed by atoms with Crippen LogP contribution in [0.25, 0.3) is 0 Å². The van der Waals surface area contributed by atoms with Crippen LogP contribution in [-0.4, -0.2) is 70.9 Å². The van der Waals surface area contributed by atoms with Crippen molar-refractivity contribution in [3.63, 3.8) is 0 Å². The molecule has 1 saturated carbocycles. The molecule has 2 fully saturated rings. The van der Waals surface area contributed by atoms with Crippen LogP contribution in [0.3, 0.4) is 0 Å². The molecular weight excluding hydrogens is 323 g/mol. The summed E-state index contributed by atoms with van der Waals surface area (Å²) in [6, 6.07) is 0. The summed E-state index contributed by atoms with van der Waals surface area (Å²) in [4.78, 5) is 11.5. The van der Waals surface area contributed by atoms with E-state index < -0.39 is 37.4 Å². The molecule has 0 aromatic rings. The van der Waals surface area contributed by atoms with Crippen molar-refractivity contribution in [1.82, 2.24) is 0 Å². The first-order valence-electron chi connectivity index (χ1n) is 8.21. The third-order valence-electron chi connectivity index (χ3n) is 5.07. The van der Waals surface area contributed by atoms with E-state index in [1.54, 1.807) is 0 Å². The van der Waals surface area contributed by atoms with Gasteiger partial charge in [0.25, 0.3) is 0 Å². The lowest BCUT2D eigenvalue weighted by molar-refractivity contribution is -0.306. The normalized spacial score (nSPS) is 46.0. The average molecular weight is 346 g/mol. The van der Waals surface area contributed by atoms with Gasteiger partial charge in [-0.2, -0.15) is 0 Å². The topological polar surface area (TPSA) is 105 Å². The van der Waals surface area contributed by atoms with Gasteiger partial charge in [-0.1, -0.05) is 5.57 Å². The molecule has 8 heteroatoms. The highest BCUT2D eigenvalue weighted by molar-refractivity contribution is 5.84. The van der Waals surface area contributed by atoms with E-state index in [0.717, 1.165) is 12.0 Å². The van der Waals surface area contributed by atoms with Crippen LogP contribution in [0.15, 0.2) is 11.6 Å². The largest absolute Gasteiger partial charge is 0.458 e. The molecule has 3 aliphatic rings. The molecule has 2 aliphatic heterocycles.